The highest BCUT2D eigenvalue weighted by Gasteiger charge is 2.01. The van der Waals surface area contributed by atoms with E-state index in [0.29, 0.717) is 5.82 Å². The molecule has 0 aliphatic heterocycles. The van der Waals surface area contributed by atoms with Crippen LogP contribution in [0.5, 0.6) is 0 Å². The molecule has 0 bridgehead atoms. The van der Waals surface area contributed by atoms with Gasteiger partial charge in [-0.05, 0) is 37.1 Å². The van der Waals surface area contributed by atoms with Crippen molar-refractivity contribution in [3.63, 3.8) is 0 Å². The molecular formula is C14H23N3. The molecule has 3 heteroatoms. The quantitative estimate of drug-likeness (QED) is 0.751. The fourth-order valence-electron chi connectivity index (χ4n) is 1.37. The van der Waals surface area contributed by atoms with Crippen molar-refractivity contribution in [1.82, 2.24) is 10.2 Å². The minimum Gasteiger partial charge on any atom is -0.382 e. The Morgan fingerprint density at radius 3 is 2.06 bits per heavy atom. The van der Waals surface area contributed by atoms with Gasteiger partial charge >= 0.3 is 0 Å². The number of rotatable bonds is 0. The van der Waals surface area contributed by atoms with Gasteiger partial charge in [-0.15, -0.1) is 5.10 Å². The first-order valence-electron chi connectivity index (χ1n) is 6.16. The van der Waals surface area contributed by atoms with Gasteiger partial charge in [-0.3, -0.25) is 0 Å². The van der Waals surface area contributed by atoms with Gasteiger partial charge in [-0.25, -0.2) is 0 Å². The molecule has 2 rings (SSSR count). The van der Waals surface area contributed by atoms with Crippen LogP contribution in [0.1, 0.15) is 38.8 Å². The lowest BCUT2D eigenvalue weighted by molar-refractivity contribution is 1.06. The van der Waals surface area contributed by atoms with Gasteiger partial charge in [0, 0.05) is 10.8 Å². The summed E-state index contributed by atoms with van der Waals surface area (Å²) in [7, 11) is 0. The molecule has 94 valence electrons. The Labute approximate surface area is 104 Å². The predicted molar refractivity (Wildman–Crippen MR) is 76.1 cm³/mol. The van der Waals surface area contributed by atoms with Crippen molar-refractivity contribution in [2.75, 3.05) is 5.73 Å². The van der Waals surface area contributed by atoms with Gasteiger partial charge in [0.05, 0.1) is 6.20 Å². The van der Waals surface area contributed by atoms with E-state index in [9.17, 15) is 0 Å². The number of nitrogens with zero attached hydrogens (tertiary/aromatic N) is 2. The van der Waals surface area contributed by atoms with Gasteiger partial charge in [-0.2, -0.15) is 5.10 Å². The van der Waals surface area contributed by atoms with E-state index in [-0.39, 0.29) is 0 Å². The molecule has 0 spiro atoms. The van der Waals surface area contributed by atoms with Crippen molar-refractivity contribution in [1.29, 1.82) is 0 Å². The van der Waals surface area contributed by atoms with E-state index in [0.717, 1.165) is 10.8 Å². The molecule has 0 saturated heterocycles. The van der Waals surface area contributed by atoms with E-state index < -0.39 is 0 Å². The van der Waals surface area contributed by atoms with Crippen molar-refractivity contribution < 1.29 is 0 Å². The number of fused-ring (bicyclic) bond motifs is 1. The maximum absolute atomic E-state index is 5.70. The maximum Gasteiger partial charge on any atom is 0.153 e. The summed E-state index contributed by atoms with van der Waals surface area (Å²) in [4.78, 5) is 0. The maximum atomic E-state index is 5.70. The Bertz CT molecular complexity index is 464. The van der Waals surface area contributed by atoms with Gasteiger partial charge in [0.15, 0.2) is 5.82 Å². The molecule has 3 nitrogen and oxygen atoms in total. The fraction of sp³-hybridized carbons (Fsp3) is 0.429. The molecular weight excluding hydrogens is 210 g/mol. The van der Waals surface area contributed by atoms with E-state index in [4.69, 9.17) is 5.73 Å². The van der Waals surface area contributed by atoms with Crippen LogP contribution in [0.3, 0.4) is 0 Å². The minimum absolute atomic E-state index is 0.501. The van der Waals surface area contributed by atoms with Crippen LogP contribution in [0.2, 0.25) is 0 Å². The van der Waals surface area contributed by atoms with E-state index in [1.54, 1.807) is 6.20 Å². The smallest absolute Gasteiger partial charge is 0.153 e. The Kier molecular flexibility index (Phi) is 6.87. The molecule has 17 heavy (non-hydrogen) atoms. The van der Waals surface area contributed by atoms with Crippen LogP contribution in [0.25, 0.3) is 10.8 Å². The number of anilines is 1. The molecule has 0 radical (unpaired) electrons. The summed E-state index contributed by atoms with van der Waals surface area (Å²) < 4.78 is 0. The zero-order valence-corrected chi connectivity index (χ0v) is 11.7. The topological polar surface area (TPSA) is 51.8 Å². The van der Waals surface area contributed by atoms with E-state index >= 15 is 0 Å². The van der Waals surface area contributed by atoms with Gasteiger partial charge in [0.2, 0.25) is 0 Å². The normalized spacial score (nSPS) is 8.82. The van der Waals surface area contributed by atoms with E-state index in [1.807, 2.05) is 27.7 Å². The Balaban J connectivity index is 0.000000581. The van der Waals surface area contributed by atoms with E-state index in [2.05, 4.69) is 36.2 Å². The predicted octanol–water partition coefficient (Wildman–Crippen LogP) is 3.88. The monoisotopic (exact) mass is 233 g/mol. The largest absolute Gasteiger partial charge is 0.382 e. The minimum atomic E-state index is 0.501. The highest BCUT2D eigenvalue weighted by Crippen LogP contribution is 2.21. The molecule has 2 N–H and O–H groups in total. The van der Waals surface area contributed by atoms with E-state index in [1.165, 1.54) is 11.1 Å². The molecule has 0 unspecified atom stereocenters. The lowest BCUT2D eigenvalue weighted by Gasteiger charge is -2.04. The zero-order valence-electron chi connectivity index (χ0n) is 11.7. The van der Waals surface area contributed by atoms with Gasteiger partial charge in [0.25, 0.3) is 0 Å². The summed E-state index contributed by atoms with van der Waals surface area (Å²) in [5, 5.41) is 9.65. The lowest BCUT2D eigenvalue weighted by atomic mass is 10.1. The second-order valence-corrected chi connectivity index (χ2v) is 3.25. The summed E-state index contributed by atoms with van der Waals surface area (Å²) in [6, 6.07) is 4.13. The second kappa shape index (κ2) is 7.60. The van der Waals surface area contributed by atoms with Crippen LogP contribution in [0.15, 0.2) is 18.3 Å². The van der Waals surface area contributed by atoms with Crippen LogP contribution in [-0.4, -0.2) is 10.2 Å². The first-order valence-corrected chi connectivity index (χ1v) is 6.16. The third kappa shape index (κ3) is 3.70. The molecule has 0 saturated carbocycles. The van der Waals surface area contributed by atoms with Crippen molar-refractivity contribution in [2.24, 2.45) is 0 Å². The first kappa shape index (κ1) is 15.4. The van der Waals surface area contributed by atoms with Crippen molar-refractivity contribution in [3.8, 4) is 0 Å². The third-order valence-electron chi connectivity index (χ3n) is 2.30. The number of nitrogen functional groups attached to an aromatic ring is 1. The highest BCUT2D eigenvalue weighted by atomic mass is 15.1. The van der Waals surface area contributed by atoms with Crippen LogP contribution in [0, 0.1) is 13.8 Å². The number of aromatic nitrogens is 2. The highest BCUT2D eigenvalue weighted by molar-refractivity contribution is 5.91. The van der Waals surface area contributed by atoms with Gasteiger partial charge < -0.3 is 5.73 Å². The molecule has 1 aromatic heterocycles. The first-order chi connectivity index (χ1) is 8.18. The number of nitrogens with two attached hydrogens (primary N) is 1. The SMILES string of the molecule is CC.CC.Cc1cc2cnnc(N)c2cc1C. The van der Waals surface area contributed by atoms with Crippen LogP contribution in [-0.2, 0) is 0 Å². The van der Waals surface area contributed by atoms with Crippen molar-refractivity contribution >= 4 is 16.6 Å². The Hall–Kier alpha value is -1.64. The Morgan fingerprint density at radius 2 is 1.47 bits per heavy atom. The molecule has 1 aromatic carbocycles. The summed E-state index contributed by atoms with van der Waals surface area (Å²) in [6.45, 7) is 12.1. The van der Waals surface area contributed by atoms with Crippen LogP contribution < -0.4 is 5.73 Å². The summed E-state index contributed by atoms with van der Waals surface area (Å²) >= 11 is 0. The summed E-state index contributed by atoms with van der Waals surface area (Å²) in [5.41, 5.74) is 8.18. The summed E-state index contributed by atoms with van der Waals surface area (Å²) in [5.74, 6) is 0.501. The van der Waals surface area contributed by atoms with Gasteiger partial charge in [-0.1, -0.05) is 27.7 Å². The Morgan fingerprint density at radius 1 is 0.941 bits per heavy atom. The number of aryl methyl sites for hydroxylation is 2. The summed E-state index contributed by atoms with van der Waals surface area (Å²) in [6.07, 6.45) is 1.73. The average molecular weight is 233 g/mol. The van der Waals surface area contributed by atoms with Crippen molar-refractivity contribution in [2.45, 2.75) is 41.5 Å². The lowest BCUT2D eigenvalue weighted by Crippen LogP contribution is -1.94. The molecule has 0 atom stereocenters. The average Bonchev–Trinajstić information content (AvgIpc) is 2.37. The van der Waals surface area contributed by atoms with Crippen LogP contribution >= 0.6 is 0 Å². The van der Waals surface area contributed by atoms with Crippen LogP contribution in [0.4, 0.5) is 5.82 Å². The molecule has 1 heterocycles. The number of hydrogen-bond acceptors (Lipinski definition) is 3. The van der Waals surface area contributed by atoms with Gasteiger partial charge in [0.1, 0.15) is 0 Å². The van der Waals surface area contributed by atoms with Crippen molar-refractivity contribution in [3.05, 3.63) is 29.5 Å². The third-order valence-corrected chi connectivity index (χ3v) is 2.30. The molecule has 0 fully saturated rings. The standard InChI is InChI=1S/C10H11N3.2C2H6/c1-6-3-8-5-12-13-10(11)9(8)4-7(6)2;2*1-2/h3-5H,1-2H3,(H2,11,13);2*1-2H3. The molecule has 2 aromatic rings. The number of benzene rings is 1. The molecule has 0 amide bonds. The number of hydrogen-bond donors (Lipinski definition) is 1. The zero-order chi connectivity index (χ0) is 13.4. The molecule has 0 aliphatic rings. The second-order valence-electron chi connectivity index (χ2n) is 3.25. The molecule has 0 aliphatic carbocycles. The fourth-order valence-corrected chi connectivity index (χ4v) is 1.37.